The lowest BCUT2D eigenvalue weighted by molar-refractivity contribution is -0.115. The van der Waals surface area contributed by atoms with Crippen LogP contribution in [0.1, 0.15) is 12.5 Å². The van der Waals surface area contributed by atoms with Gasteiger partial charge in [-0.05, 0) is 37.4 Å². The number of amides is 1. The Morgan fingerprint density at radius 2 is 2.21 bits per heavy atom. The zero-order valence-corrected chi connectivity index (χ0v) is 12.4. The summed E-state index contributed by atoms with van der Waals surface area (Å²) in [7, 11) is 0. The Hall–Kier alpha value is -1.60. The Morgan fingerprint density at radius 1 is 1.47 bits per heavy atom. The van der Waals surface area contributed by atoms with Crippen LogP contribution in [0.25, 0.3) is 6.08 Å². The smallest absolute Gasteiger partial charge is 0.273 e. The van der Waals surface area contributed by atoms with Crippen LogP contribution in [-0.2, 0) is 4.79 Å². The predicted octanol–water partition coefficient (Wildman–Crippen LogP) is 1.90. The second-order valence-corrected chi connectivity index (χ2v) is 5.06. The maximum absolute atomic E-state index is 11.5. The minimum absolute atomic E-state index is 0.0232. The first-order valence-electron chi connectivity index (χ1n) is 5.50. The lowest BCUT2D eigenvalue weighted by Crippen LogP contribution is -2.21. The van der Waals surface area contributed by atoms with Gasteiger partial charge in [0.05, 0.1) is 6.61 Å². The van der Waals surface area contributed by atoms with Gasteiger partial charge in [0.15, 0.2) is 16.6 Å². The summed E-state index contributed by atoms with van der Waals surface area (Å²) in [6.07, 6.45) is 1.51. The fraction of sp³-hybridized carbons (Fsp3) is 0.167. The monoisotopic (exact) mass is 342 g/mol. The molecule has 0 atom stereocenters. The number of benzene rings is 1. The van der Waals surface area contributed by atoms with Gasteiger partial charge in [-0.3, -0.25) is 10.1 Å². The van der Waals surface area contributed by atoms with Crippen LogP contribution in [0.3, 0.4) is 0 Å². The fourth-order valence-corrected chi connectivity index (χ4v) is 2.27. The van der Waals surface area contributed by atoms with Crippen molar-refractivity contribution in [2.45, 2.75) is 6.92 Å². The molecule has 1 aromatic carbocycles. The van der Waals surface area contributed by atoms with Crippen LogP contribution in [-0.4, -0.2) is 22.7 Å². The highest BCUT2D eigenvalue weighted by Gasteiger charge is 2.21. The number of carbonyl (C=O) groups is 1. The van der Waals surface area contributed by atoms with Gasteiger partial charge in [-0.25, -0.2) is 0 Å². The molecule has 19 heavy (non-hydrogen) atoms. The molecule has 0 bridgehead atoms. The van der Waals surface area contributed by atoms with E-state index >= 15 is 0 Å². The van der Waals surface area contributed by atoms with E-state index in [1.165, 1.54) is 6.08 Å². The molecule has 0 aromatic heterocycles. The highest BCUT2D eigenvalue weighted by atomic mass is 79.9. The number of aromatic hydroxyl groups is 1. The van der Waals surface area contributed by atoms with Gasteiger partial charge in [-0.1, -0.05) is 15.9 Å². The molecule has 1 amide bonds. The zero-order valence-electron chi connectivity index (χ0n) is 9.99. The predicted molar refractivity (Wildman–Crippen MR) is 78.8 cm³/mol. The molecule has 0 unspecified atom stereocenters. The molecule has 5 nitrogen and oxygen atoms in total. The number of nitrogens with one attached hydrogen (secondary N) is 2. The van der Waals surface area contributed by atoms with Gasteiger partial charge >= 0.3 is 0 Å². The van der Waals surface area contributed by atoms with E-state index < -0.39 is 0 Å². The fourth-order valence-electron chi connectivity index (χ4n) is 1.61. The van der Waals surface area contributed by atoms with E-state index in [0.29, 0.717) is 17.9 Å². The quantitative estimate of drug-likeness (QED) is 0.578. The van der Waals surface area contributed by atoms with Crippen LogP contribution in [0.15, 0.2) is 22.3 Å². The molecule has 1 aliphatic rings. The summed E-state index contributed by atoms with van der Waals surface area (Å²) in [5.74, 6) is -0.00277. The van der Waals surface area contributed by atoms with Crippen molar-refractivity contribution in [1.82, 2.24) is 10.6 Å². The van der Waals surface area contributed by atoms with Crippen molar-refractivity contribution < 1.29 is 14.6 Å². The Kier molecular flexibility index (Phi) is 4.06. The van der Waals surface area contributed by atoms with Gasteiger partial charge in [0, 0.05) is 10.0 Å². The first-order chi connectivity index (χ1) is 9.01. The SMILES string of the molecule is CCOc1cc(Br)cc(/C=C2\NC(=S)NC2=O)c1O. The standard InChI is InChI=1S/C12H11BrN2O3S/c1-2-18-9-5-7(13)3-6(10(9)16)4-8-11(17)15-12(19)14-8/h3-5,16H,2H2,1H3,(H2,14,15,17,19)/b8-4-. The third-order valence-electron chi connectivity index (χ3n) is 2.39. The van der Waals surface area contributed by atoms with Crippen molar-refractivity contribution in [2.24, 2.45) is 0 Å². The van der Waals surface area contributed by atoms with E-state index in [1.54, 1.807) is 12.1 Å². The maximum Gasteiger partial charge on any atom is 0.273 e. The van der Waals surface area contributed by atoms with Gasteiger partial charge in [0.1, 0.15) is 5.70 Å². The van der Waals surface area contributed by atoms with Crippen molar-refractivity contribution in [3.8, 4) is 11.5 Å². The Balaban J connectivity index is 2.42. The van der Waals surface area contributed by atoms with Crippen LogP contribution >= 0.6 is 28.1 Å². The van der Waals surface area contributed by atoms with Crippen molar-refractivity contribution in [2.75, 3.05) is 6.61 Å². The average molecular weight is 343 g/mol. The van der Waals surface area contributed by atoms with Crippen molar-refractivity contribution in [3.63, 3.8) is 0 Å². The van der Waals surface area contributed by atoms with Gasteiger partial charge in [-0.2, -0.15) is 0 Å². The maximum atomic E-state index is 11.5. The topological polar surface area (TPSA) is 70.6 Å². The van der Waals surface area contributed by atoms with Gasteiger partial charge < -0.3 is 15.2 Å². The Morgan fingerprint density at radius 3 is 2.79 bits per heavy atom. The summed E-state index contributed by atoms with van der Waals surface area (Å²) in [4.78, 5) is 11.5. The molecule has 1 heterocycles. The normalized spacial score (nSPS) is 16.4. The molecule has 1 saturated heterocycles. The number of rotatable bonds is 3. The molecule has 0 saturated carbocycles. The number of hydrogen-bond donors (Lipinski definition) is 3. The number of carbonyl (C=O) groups excluding carboxylic acids is 1. The van der Waals surface area contributed by atoms with Crippen molar-refractivity contribution in [1.29, 1.82) is 0 Å². The van der Waals surface area contributed by atoms with E-state index in [0.717, 1.165) is 4.47 Å². The molecule has 0 radical (unpaired) electrons. The first kappa shape index (κ1) is 13.8. The Labute approximate surface area is 123 Å². The number of ether oxygens (including phenoxy) is 1. The third-order valence-corrected chi connectivity index (χ3v) is 3.05. The molecular formula is C12H11BrN2O3S. The molecular weight excluding hydrogens is 332 g/mol. The second-order valence-electron chi connectivity index (χ2n) is 3.74. The summed E-state index contributed by atoms with van der Waals surface area (Å²) < 4.78 is 6.05. The first-order valence-corrected chi connectivity index (χ1v) is 6.70. The number of thiocarbonyl (C=S) groups is 1. The highest BCUT2D eigenvalue weighted by Crippen LogP contribution is 2.35. The summed E-state index contributed by atoms with van der Waals surface area (Å²) in [6.45, 7) is 2.26. The minimum Gasteiger partial charge on any atom is -0.504 e. The number of hydrogen-bond acceptors (Lipinski definition) is 4. The van der Waals surface area contributed by atoms with Crippen LogP contribution in [0.2, 0.25) is 0 Å². The molecule has 1 aromatic rings. The molecule has 0 spiro atoms. The number of phenolic OH excluding ortho intramolecular Hbond substituents is 1. The van der Waals surface area contributed by atoms with Gasteiger partial charge in [0.25, 0.3) is 5.91 Å². The zero-order chi connectivity index (χ0) is 14.0. The largest absolute Gasteiger partial charge is 0.504 e. The third kappa shape index (κ3) is 3.05. The average Bonchev–Trinajstić information content (AvgIpc) is 2.64. The van der Waals surface area contributed by atoms with Gasteiger partial charge in [0.2, 0.25) is 0 Å². The van der Waals surface area contributed by atoms with Gasteiger partial charge in [-0.15, -0.1) is 0 Å². The van der Waals surface area contributed by atoms with Crippen molar-refractivity contribution in [3.05, 3.63) is 27.9 Å². The van der Waals surface area contributed by atoms with Crippen LogP contribution in [0.4, 0.5) is 0 Å². The van der Waals surface area contributed by atoms with E-state index in [2.05, 4.69) is 26.6 Å². The summed E-state index contributed by atoms with van der Waals surface area (Å²) in [5.41, 5.74) is 0.737. The highest BCUT2D eigenvalue weighted by molar-refractivity contribution is 9.10. The second kappa shape index (κ2) is 5.58. The van der Waals surface area contributed by atoms with E-state index in [4.69, 9.17) is 17.0 Å². The Bertz CT molecular complexity index is 587. The van der Waals surface area contributed by atoms with Crippen LogP contribution < -0.4 is 15.4 Å². The minimum atomic E-state index is -0.331. The van der Waals surface area contributed by atoms with E-state index in [1.807, 2.05) is 6.92 Å². The molecule has 0 aliphatic carbocycles. The molecule has 100 valence electrons. The molecule has 7 heteroatoms. The molecule has 2 rings (SSSR count). The summed E-state index contributed by atoms with van der Waals surface area (Å²) >= 11 is 8.16. The molecule has 3 N–H and O–H groups in total. The summed E-state index contributed by atoms with van der Waals surface area (Å²) in [6, 6.07) is 3.34. The lowest BCUT2D eigenvalue weighted by atomic mass is 10.1. The summed E-state index contributed by atoms with van der Waals surface area (Å²) in [5, 5.41) is 15.5. The number of phenols is 1. The number of halogens is 1. The van der Waals surface area contributed by atoms with E-state index in [9.17, 15) is 9.90 Å². The molecule has 1 aliphatic heterocycles. The van der Waals surface area contributed by atoms with Crippen LogP contribution in [0, 0.1) is 0 Å². The lowest BCUT2D eigenvalue weighted by Gasteiger charge is -2.09. The van der Waals surface area contributed by atoms with Crippen molar-refractivity contribution >= 4 is 45.2 Å². The van der Waals surface area contributed by atoms with E-state index in [-0.39, 0.29) is 22.5 Å². The van der Waals surface area contributed by atoms with Crippen LogP contribution in [0.5, 0.6) is 11.5 Å². The molecule has 1 fully saturated rings.